The third-order valence-electron chi connectivity index (χ3n) is 1.90. The normalized spacial score (nSPS) is 10.4. The summed E-state index contributed by atoms with van der Waals surface area (Å²) in [6, 6.07) is 4.86. The van der Waals surface area contributed by atoms with Gasteiger partial charge >= 0.3 is 0 Å². The molecule has 2 aromatic rings. The largest absolute Gasteiger partial charge is 0.451 e. The van der Waals surface area contributed by atoms with E-state index >= 15 is 0 Å². The summed E-state index contributed by atoms with van der Waals surface area (Å²) in [7, 11) is 0. The third kappa shape index (κ3) is 3.12. The zero-order valence-electron chi connectivity index (χ0n) is 8.25. The molecule has 2 rings (SSSR count). The van der Waals surface area contributed by atoms with Gasteiger partial charge in [-0.3, -0.25) is 0 Å². The maximum atomic E-state index is 13.3. The lowest BCUT2D eigenvalue weighted by atomic mass is 10.3. The van der Waals surface area contributed by atoms with Crippen LogP contribution >= 0.6 is 38.5 Å². The zero-order valence-corrected chi connectivity index (χ0v) is 12.0. The third-order valence-corrected chi connectivity index (χ3v) is 3.11. The van der Waals surface area contributed by atoms with Crippen LogP contribution in [0.25, 0.3) is 0 Å². The van der Waals surface area contributed by atoms with Crippen molar-refractivity contribution in [1.82, 2.24) is 4.98 Å². The average Bonchev–Trinajstić information content (AvgIpc) is 2.25. The van der Waals surface area contributed by atoms with E-state index < -0.39 is 11.6 Å². The van der Waals surface area contributed by atoms with Gasteiger partial charge in [-0.15, -0.1) is 0 Å². The summed E-state index contributed by atoms with van der Waals surface area (Å²) in [4.78, 5) is 4.02. The van der Waals surface area contributed by atoms with E-state index in [1.165, 1.54) is 12.3 Å². The summed E-state index contributed by atoms with van der Waals surface area (Å²) < 4.78 is 32.8. The quantitative estimate of drug-likeness (QED) is 0.535. The van der Waals surface area contributed by atoms with Crippen LogP contribution in [0.4, 0.5) is 8.78 Å². The van der Waals surface area contributed by atoms with Crippen LogP contribution in [-0.4, -0.2) is 4.98 Å². The number of hydrogen-bond acceptors (Lipinski definition) is 2. The summed E-state index contributed by atoms with van der Waals surface area (Å²) in [5.41, 5.74) is 0. The van der Waals surface area contributed by atoms with E-state index in [2.05, 4.69) is 20.9 Å². The van der Waals surface area contributed by atoms with Crippen molar-refractivity contribution in [3.8, 4) is 11.5 Å². The van der Waals surface area contributed by atoms with Crippen LogP contribution in [0.2, 0.25) is 0 Å². The molecule has 0 unspecified atom stereocenters. The molecule has 0 spiro atoms. The van der Waals surface area contributed by atoms with E-state index in [1.54, 1.807) is 6.07 Å². The number of benzene rings is 1. The fourth-order valence-electron chi connectivity index (χ4n) is 1.15. The monoisotopic (exact) mass is 411 g/mol. The van der Waals surface area contributed by atoms with Crippen molar-refractivity contribution in [2.75, 3.05) is 0 Å². The summed E-state index contributed by atoms with van der Waals surface area (Å²) in [5.74, 6) is -1.07. The Morgan fingerprint density at radius 3 is 2.59 bits per heavy atom. The molecule has 0 aliphatic rings. The Labute approximate surface area is 118 Å². The maximum Gasteiger partial charge on any atom is 0.168 e. The number of hydrogen-bond donors (Lipinski definition) is 0. The molecule has 1 heterocycles. The van der Waals surface area contributed by atoms with Gasteiger partial charge in [0.25, 0.3) is 0 Å². The fraction of sp³-hybridized carbons (Fsp3) is 0. The molecule has 0 amide bonds. The molecule has 0 bridgehead atoms. The Bertz CT molecular complexity index is 516. The number of ether oxygens (including phenoxy) is 1. The number of halogens is 4. The predicted octanol–water partition coefficient (Wildman–Crippen LogP) is 4.52. The molecular weight excluding hydrogens is 407 g/mol. The number of pyridine rings is 1. The van der Waals surface area contributed by atoms with Crippen LogP contribution in [0.1, 0.15) is 0 Å². The van der Waals surface area contributed by atoms with E-state index in [0.717, 1.165) is 15.8 Å². The lowest BCUT2D eigenvalue weighted by molar-refractivity contribution is 0.434. The number of rotatable bonds is 2. The first-order chi connectivity index (χ1) is 8.06. The van der Waals surface area contributed by atoms with Gasteiger partial charge in [0.1, 0.15) is 9.52 Å². The van der Waals surface area contributed by atoms with Gasteiger partial charge in [-0.25, -0.2) is 13.8 Å². The SMILES string of the molecule is Fc1ccc(Oc2cnc(I)cc2Br)c(F)c1. The van der Waals surface area contributed by atoms with Crippen molar-refractivity contribution in [1.29, 1.82) is 0 Å². The second kappa shape index (κ2) is 5.26. The van der Waals surface area contributed by atoms with Gasteiger partial charge in [0, 0.05) is 6.07 Å². The van der Waals surface area contributed by atoms with Crippen molar-refractivity contribution in [3.63, 3.8) is 0 Å². The Kier molecular flexibility index (Phi) is 3.93. The highest BCUT2D eigenvalue weighted by Gasteiger charge is 2.09. The fourth-order valence-corrected chi connectivity index (χ4v) is 2.43. The van der Waals surface area contributed by atoms with Crippen molar-refractivity contribution in [2.24, 2.45) is 0 Å². The van der Waals surface area contributed by atoms with Gasteiger partial charge < -0.3 is 4.74 Å². The predicted molar refractivity (Wildman–Crippen MR) is 71.1 cm³/mol. The van der Waals surface area contributed by atoms with Crippen molar-refractivity contribution in [3.05, 3.63) is 50.3 Å². The molecule has 1 aromatic heterocycles. The molecule has 0 fully saturated rings. The Morgan fingerprint density at radius 1 is 1.18 bits per heavy atom. The molecule has 0 saturated carbocycles. The first-order valence-corrected chi connectivity index (χ1v) is 6.37. The molecule has 0 saturated heterocycles. The molecular formula is C11H5BrF2INO. The Hall–Kier alpha value is -0.760. The van der Waals surface area contributed by atoms with Crippen LogP contribution in [0.5, 0.6) is 11.5 Å². The Balaban J connectivity index is 2.31. The maximum absolute atomic E-state index is 13.3. The van der Waals surface area contributed by atoms with E-state index in [-0.39, 0.29) is 5.75 Å². The molecule has 0 aliphatic heterocycles. The molecule has 0 atom stereocenters. The molecule has 0 N–H and O–H groups in total. The van der Waals surface area contributed by atoms with Crippen molar-refractivity contribution < 1.29 is 13.5 Å². The minimum atomic E-state index is -0.754. The molecule has 1 aromatic carbocycles. The second-order valence-corrected chi connectivity index (χ2v) is 5.07. The molecule has 88 valence electrons. The molecule has 2 nitrogen and oxygen atoms in total. The second-order valence-electron chi connectivity index (χ2n) is 3.11. The van der Waals surface area contributed by atoms with Crippen LogP contribution in [0.3, 0.4) is 0 Å². The smallest absolute Gasteiger partial charge is 0.168 e. The van der Waals surface area contributed by atoms with Crippen LogP contribution in [0, 0.1) is 15.3 Å². The van der Waals surface area contributed by atoms with Gasteiger partial charge in [-0.05, 0) is 56.7 Å². The first kappa shape index (κ1) is 12.7. The lowest BCUT2D eigenvalue weighted by Crippen LogP contribution is -1.92. The zero-order chi connectivity index (χ0) is 12.4. The van der Waals surface area contributed by atoms with Gasteiger partial charge in [-0.2, -0.15) is 0 Å². The number of nitrogens with zero attached hydrogens (tertiary/aromatic N) is 1. The topological polar surface area (TPSA) is 22.1 Å². The lowest BCUT2D eigenvalue weighted by Gasteiger charge is -2.08. The molecule has 0 aliphatic carbocycles. The van der Waals surface area contributed by atoms with Crippen LogP contribution < -0.4 is 4.74 Å². The van der Waals surface area contributed by atoms with Gasteiger partial charge in [0.15, 0.2) is 17.3 Å². The van der Waals surface area contributed by atoms with Crippen LogP contribution in [-0.2, 0) is 0 Å². The molecule has 17 heavy (non-hydrogen) atoms. The highest BCUT2D eigenvalue weighted by Crippen LogP contribution is 2.31. The molecule has 0 radical (unpaired) electrons. The van der Waals surface area contributed by atoms with E-state index in [0.29, 0.717) is 10.2 Å². The summed E-state index contributed by atoms with van der Waals surface area (Å²) in [5, 5.41) is 0. The van der Waals surface area contributed by atoms with Gasteiger partial charge in [0.05, 0.1) is 10.7 Å². The summed E-state index contributed by atoms with van der Waals surface area (Å²) >= 11 is 5.32. The first-order valence-electron chi connectivity index (χ1n) is 4.50. The van der Waals surface area contributed by atoms with E-state index in [9.17, 15) is 8.78 Å². The van der Waals surface area contributed by atoms with Gasteiger partial charge in [0.2, 0.25) is 0 Å². The van der Waals surface area contributed by atoms with Crippen molar-refractivity contribution in [2.45, 2.75) is 0 Å². The van der Waals surface area contributed by atoms with Crippen LogP contribution in [0.15, 0.2) is 34.9 Å². The standard InChI is InChI=1S/C11H5BrF2INO/c12-7-4-11(15)16-5-10(7)17-9-2-1-6(13)3-8(9)14/h1-5H. The summed E-state index contributed by atoms with van der Waals surface area (Å²) in [6.07, 6.45) is 1.47. The van der Waals surface area contributed by atoms with E-state index in [4.69, 9.17) is 4.74 Å². The molecule has 6 heteroatoms. The van der Waals surface area contributed by atoms with Gasteiger partial charge in [-0.1, -0.05) is 0 Å². The highest BCUT2D eigenvalue weighted by molar-refractivity contribution is 14.1. The number of aromatic nitrogens is 1. The highest BCUT2D eigenvalue weighted by atomic mass is 127. The average molecular weight is 412 g/mol. The van der Waals surface area contributed by atoms with E-state index in [1.807, 2.05) is 22.6 Å². The minimum absolute atomic E-state index is 0.0462. The van der Waals surface area contributed by atoms with Crippen molar-refractivity contribution >= 4 is 38.5 Å². The minimum Gasteiger partial charge on any atom is -0.451 e. The Morgan fingerprint density at radius 2 is 1.94 bits per heavy atom. The summed E-state index contributed by atoms with van der Waals surface area (Å²) in [6.45, 7) is 0.